The van der Waals surface area contributed by atoms with Crippen LogP contribution in [0.2, 0.25) is 6.04 Å². The van der Waals surface area contributed by atoms with Crippen molar-refractivity contribution in [2.75, 3.05) is 0 Å². The molecule has 0 N–H and O–H groups in total. The lowest BCUT2D eigenvalue weighted by Crippen LogP contribution is -2.12. The van der Waals surface area contributed by atoms with Crippen molar-refractivity contribution >= 4 is 45.2 Å². The van der Waals surface area contributed by atoms with Gasteiger partial charge in [0.05, 0.1) is 6.10 Å². The maximum absolute atomic E-state index is 11.0. The van der Waals surface area contributed by atoms with Crippen molar-refractivity contribution in [2.24, 2.45) is 0 Å². The van der Waals surface area contributed by atoms with E-state index in [0.717, 1.165) is 31.7 Å². The number of unbranched alkanes of at least 4 members (excludes halogenated alkanes) is 7. The van der Waals surface area contributed by atoms with E-state index in [2.05, 4.69) is 6.58 Å². The average molecular weight is 374 g/mol. The molecule has 0 heterocycles. The lowest BCUT2D eigenvalue weighted by molar-refractivity contribution is -0.142. The van der Waals surface area contributed by atoms with E-state index < -0.39 is 6.00 Å². The highest BCUT2D eigenvalue weighted by molar-refractivity contribution is 7.64. The highest BCUT2D eigenvalue weighted by Gasteiger charge is 2.23. The molecule has 0 aromatic rings. The van der Waals surface area contributed by atoms with E-state index >= 15 is 0 Å². The van der Waals surface area contributed by atoms with Gasteiger partial charge in [-0.25, -0.2) is 4.79 Å². The Bertz CT molecular complexity index is 293. The minimum absolute atomic E-state index is 0.0124. The van der Waals surface area contributed by atoms with Gasteiger partial charge >= 0.3 is 12.0 Å². The van der Waals surface area contributed by atoms with Crippen LogP contribution in [0.25, 0.3) is 0 Å². The van der Waals surface area contributed by atoms with E-state index in [1.54, 1.807) is 0 Å². The Hall–Kier alpha value is 0.297. The first-order valence-corrected chi connectivity index (χ1v) is 13.0. The Kier molecular flexibility index (Phi) is 13.0. The van der Waals surface area contributed by atoms with Crippen molar-refractivity contribution in [3.8, 4) is 0 Å². The van der Waals surface area contributed by atoms with E-state index in [1.165, 1.54) is 38.2 Å². The molecule has 0 radical (unpaired) electrons. The predicted octanol–water partition coefficient (Wildman–Crippen LogP) is 6.27. The standard InChI is InChI=1S/C15H27Cl3O2Si/c1-3-15(19)20-14(2)12-10-8-6-4-5-7-9-11-13-21(16,17)18/h3,14H,1,4-13H2,2H3. The van der Waals surface area contributed by atoms with Gasteiger partial charge in [0, 0.05) is 6.08 Å². The number of hydrogen-bond acceptors (Lipinski definition) is 2. The topological polar surface area (TPSA) is 26.3 Å². The van der Waals surface area contributed by atoms with Gasteiger partial charge in [0.1, 0.15) is 0 Å². The Balaban J connectivity index is 3.26. The number of esters is 1. The van der Waals surface area contributed by atoms with Crippen LogP contribution in [0.5, 0.6) is 0 Å². The summed E-state index contributed by atoms with van der Waals surface area (Å²) in [5.41, 5.74) is 0. The molecule has 0 spiro atoms. The maximum Gasteiger partial charge on any atom is 0.341 e. The van der Waals surface area contributed by atoms with Crippen LogP contribution in [0.15, 0.2) is 12.7 Å². The minimum atomic E-state index is -2.39. The molecule has 0 rings (SSSR count). The zero-order valence-electron chi connectivity index (χ0n) is 12.9. The molecule has 21 heavy (non-hydrogen) atoms. The van der Waals surface area contributed by atoms with Gasteiger partial charge in [0.25, 0.3) is 0 Å². The first-order valence-electron chi connectivity index (χ1n) is 7.75. The van der Waals surface area contributed by atoms with Gasteiger partial charge in [-0.05, 0) is 25.8 Å². The first-order chi connectivity index (χ1) is 9.85. The molecule has 0 amide bonds. The largest absolute Gasteiger partial charge is 0.460 e. The molecular formula is C15H27Cl3O2Si. The molecule has 0 aromatic heterocycles. The van der Waals surface area contributed by atoms with Crippen LogP contribution in [-0.2, 0) is 9.53 Å². The van der Waals surface area contributed by atoms with Gasteiger partial charge in [-0.1, -0.05) is 51.5 Å². The Morgan fingerprint density at radius 2 is 1.52 bits per heavy atom. The average Bonchev–Trinajstić information content (AvgIpc) is 2.39. The molecule has 0 saturated heterocycles. The van der Waals surface area contributed by atoms with Crippen LogP contribution in [0.3, 0.4) is 0 Å². The normalized spacial score (nSPS) is 13.0. The molecule has 1 unspecified atom stereocenters. The molecule has 0 aliphatic heterocycles. The van der Waals surface area contributed by atoms with E-state index in [-0.39, 0.29) is 12.1 Å². The monoisotopic (exact) mass is 372 g/mol. The van der Waals surface area contributed by atoms with E-state index in [9.17, 15) is 4.79 Å². The molecule has 124 valence electrons. The van der Waals surface area contributed by atoms with Crippen LogP contribution < -0.4 is 0 Å². The second-order valence-corrected chi connectivity index (χ2v) is 14.7. The summed E-state index contributed by atoms with van der Waals surface area (Å²) in [6.07, 6.45) is 11.6. The van der Waals surface area contributed by atoms with E-state index in [4.69, 9.17) is 38.0 Å². The second kappa shape index (κ2) is 12.8. The zero-order valence-corrected chi connectivity index (χ0v) is 16.2. The maximum atomic E-state index is 11.0. The summed E-state index contributed by atoms with van der Waals surface area (Å²) >= 11 is 17.5. The molecule has 0 bridgehead atoms. The number of hydrogen-bond donors (Lipinski definition) is 0. The summed E-state index contributed by atoms with van der Waals surface area (Å²) in [7, 11) is 0. The van der Waals surface area contributed by atoms with E-state index in [1.807, 2.05) is 6.92 Å². The smallest absolute Gasteiger partial charge is 0.341 e. The highest BCUT2D eigenvalue weighted by Crippen LogP contribution is 2.27. The SMILES string of the molecule is C=CC(=O)OC(C)CCCCCCCCCC[Si](Cl)(Cl)Cl. The number of rotatable bonds is 13. The number of halogens is 3. The minimum Gasteiger partial charge on any atom is -0.460 e. The molecular weight excluding hydrogens is 347 g/mol. The Morgan fingerprint density at radius 1 is 1.05 bits per heavy atom. The molecule has 0 aliphatic carbocycles. The lowest BCUT2D eigenvalue weighted by atomic mass is 10.1. The quantitative estimate of drug-likeness (QED) is 0.125. The van der Waals surface area contributed by atoms with Gasteiger partial charge in [0.2, 0.25) is 0 Å². The van der Waals surface area contributed by atoms with Crippen LogP contribution in [0, 0.1) is 0 Å². The van der Waals surface area contributed by atoms with Crippen molar-refractivity contribution in [3.63, 3.8) is 0 Å². The van der Waals surface area contributed by atoms with Crippen LogP contribution in [0.4, 0.5) is 0 Å². The third-order valence-corrected chi connectivity index (χ3v) is 5.93. The third kappa shape index (κ3) is 16.5. The molecule has 0 saturated carbocycles. The summed E-state index contributed by atoms with van der Waals surface area (Å²) in [6, 6.07) is -1.62. The van der Waals surface area contributed by atoms with Crippen LogP contribution in [0.1, 0.15) is 64.7 Å². The predicted molar refractivity (Wildman–Crippen MR) is 95.4 cm³/mol. The number of ether oxygens (including phenoxy) is 1. The van der Waals surface area contributed by atoms with Gasteiger partial charge in [0.15, 0.2) is 0 Å². The third-order valence-electron chi connectivity index (χ3n) is 3.30. The van der Waals surface area contributed by atoms with Gasteiger partial charge in [-0.3, -0.25) is 0 Å². The van der Waals surface area contributed by atoms with Crippen LogP contribution in [-0.4, -0.2) is 18.1 Å². The Morgan fingerprint density at radius 3 is 2.00 bits per heavy atom. The number of carbonyl (C=O) groups excluding carboxylic acids is 1. The second-order valence-electron chi connectivity index (χ2n) is 5.43. The molecule has 2 nitrogen and oxygen atoms in total. The van der Waals surface area contributed by atoms with Crippen molar-refractivity contribution in [2.45, 2.75) is 76.9 Å². The molecule has 1 atom stereocenters. The molecule has 0 fully saturated rings. The van der Waals surface area contributed by atoms with Crippen molar-refractivity contribution in [3.05, 3.63) is 12.7 Å². The summed E-state index contributed by atoms with van der Waals surface area (Å²) in [6.45, 7) is 5.31. The molecule has 0 aliphatic rings. The molecule has 6 heteroatoms. The summed E-state index contributed by atoms with van der Waals surface area (Å²) in [5.74, 6) is -0.333. The fourth-order valence-corrected chi connectivity index (χ4v) is 3.98. The van der Waals surface area contributed by atoms with Crippen molar-refractivity contribution in [1.29, 1.82) is 0 Å². The first kappa shape index (κ1) is 21.3. The fraction of sp³-hybridized carbons (Fsp3) is 0.800. The highest BCUT2D eigenvalue weighted by atomic mass is 35.8. The lowest BCUT2D eigenvalue weighted by Gasteiger charge is -2.11. The van der Waals surface area contributed by atoms with Crippen LogP contribution >= 0.6 is 33.2 Å². The van der Waals surface area contributed by atoms with E-state index in [0.29, 0.717) is 0 Å². The van der Waals surface area contributed by atoms with Gasteiger partial charge < -0.3 is 4.74 Å². The molecule has 0 aromatic carbocycles. The zero-order chi connectivity index (χ0) is 16.1. The Labute approximate surface area is 144 Å². The van der Waals surface area contributed by atoms with Gasteiger partial charge in [-0.2, -0.15) is 0 Å². The summed E-state index contributed by atoms with van der Waals surface area (Å²) in [4.78, 5) is 11.0. The van der Waals surface area contributed by atoms with Gasteiger partial charge in [-0.15, -0.1) is 33.2 Å². The fourth-order valence-electron chi connectivity index (χ4n) is 2.12. The summed E-state index contributed by atoms with van der Waals surface area (Å²) in [5, 5.41) is 0. The van der Waals surface area contributed by atoms with Crippen molar-refractivity contribution in [1.82, 2.24) is 0 Å². The number of carbonyl (C=O) groups is 1. The van der Waals surface area contributed by atoms with Crippen molar-refractivity contribution < 1.29 is 9.53 Å². The summed E-state index contributed by atoms with van der Waals surface area (Å²) < 4.78 is 5.11.